The quantitative estimate of drug-likeness (QED) is 0.574. The van der Waals surface area contributed by atoms with Crippen molar-refractivity contribution in [2.75, 3.05) is 11.9 Å². The van der Waals surface area contributed by atoms with Gasteiger partial charge in [0.25, 0.3) is 0 Å². The lowest BCUT2D eigenvalue weighted by Gasteiger charge is -2.05. The highest BCUT2D eigenvalue weighted by Crippen LogP contribution is 2.11. The number of halogens is 2. The van der Waals surface area contributed by atoms with Crippen molar-refractivity contribution in [2.45, 2.75) is 24.6 Å². The maximum Gasteiger partial charge on any atom is 0.306 e. The molecule has 0 fully saturated rings. The first kappa shape index (κ1) is 11.4. The van der Waals surface area contributed by atoms with Crippen LogP contribution in [0, 0.1) is 0 Å². The maximum atomic E-state index is 10.9. The number of carbonyl (C=O) groups excluding carboxylic acids is 1. The lowest BCUT2D eigenvalue weighted by atomic mass is 10.2. The summed E-state index contributed by atoms with van der Waals surface area (Å²) >= 11 is 6.67. The van der Waals surface area contributed by atoms with Crippen LogP contribution in [0.25, 0.3) is 0 Å². The van der Waals surface area contributed by atoms with Crippen LogP contribution < -0.4 is 0 Å². The molecule has 0 heterocycles. The Labute approximate surface area is 83.9 Å². The second-order valence-electron chi connectivity index (χ2n) is 2.08. The molecule has 0 radical (unpaired) electrons. The molecule has 0 aliphatic heterocycles. The molecule has 4 heteroatoms. The molecule has 2 nitrogen and oxygen atoms in total. The summed E-state index contributed by atoms with van der Waals surface area (Å²) in [7, 11) is 0. The van der Waals surface area contributed by atoms with Gasteiger partial charge >= 0.3 is 5.97 Å². The van der Waals surface area contributed by atoms with E-state index in [4.69, 9.17) is 4.74 Å². The fourth-order valence-corrected chi connectivity index (χ4v) is 2.28. The zero-order chi connectivity index (χ0) is 8.69. The van der Waals surface area contributed by atoms with Crippen molar-refractivity contribution in [3.05, 3.63) is 0 Å². The molecule has 0 bridgehead atoms. The Balaban J connectivity index is 3.40. The van der Waals surface area contributed by atoms with E-state index in [0.717, 1.165) is 11.8 Å². The minimum Gasteiger partial charge on any atom is -0.466 e. The van der Waals surface area contributed by atoms with Crippen molar-refractivity contribution < 1.29 is 9.53 Å². The monoisotopic (exact) mass is 286 g/mol. The highest BCUT2D eigenvalue weighted by Gasteiger charge is 2.09. The lowest BCUT2D eigenvalue weighted by Crippen LogP contribution is -2.11. The van der Waals surface area contributed by atoms with Gasteiger partial charge in [0.05, 0.1) is 13.0 Å². The number of hydrogen-bond donors (Lipinski definition) is 0. The molecule has 0 aromatic heterocycles. The third-order valence-corrected chi connectivity index (χ3v) is 2.36. The molecular weight excluding hydrogens is 276 g/mol. The van der Waals surface area contributed by atoms with Gasteiger partial charge in [-0.25, -0.2) is 0 Å². The van der Waals surface area contributed by atoms with Crippen LogP contribution in [0.15, 0.2) is 0 Å². The van der Waals surface area contributed by atoms with Crippen LogP contribution in [0.4, 0.5) is 0 Å². The topological polar surface area (TPSA) is 26.3 Å². The van der Waals surface area contributed by atoms with Gasteiger partial charge in [0.1, 0.15) is 0 Å². The third-order valence-electron chi connectivity index (χ3n) is 1.12. The van der Waals surface area contributed by atoms with Crippen LogP contribution >= 0.6 is 31.9 Å². The first-order valence-corrected chi connectivity index (χ1v) is 5.60. The molecule has 0 saturated heterocycles. The van der Waals surface area contributed by atoms with E-state index in [-0.39, 0.29) is 10.8 Å². The summed E-state index contributed by atoms with van der Waals surface area (Å²) in [6, 6.07) is 0. The number of alkyl halides is 2. The van der Waals surface area contributed by atoms with Crippen molar-refractivity contribution >= 4 is 37.8 Å². The number of ether oxygens (including phenoxy) is 1. The molecule has 0 aliphatic carbocycles. The fourth-order valence-electron chi connectivity index (χ4n) is 0.621. The number of hydrogen-bond acceptors (Lipinski definition) is 2. The van der Waals surface area contributed by atoms with E-state index in [1.165, 1.54) is 0 Å². The normalized spacial score (nSPS) is 12.6. The van der Waals surface area contributed by atoms with Gasteiger partial charge in [-0.3, -0.25) is 4.79 Å². The number of rotatable bonds is 5. The summed E-state index contributed by atoms with van der Waals surface area (Å²) in [5, 5.41) is 0.905. The minimum atomic E-state index is -0.129. The molecule has 0 aliphatic rings. The predicted molar refractivity (Wildman–Crippen MR) is 52.4 cm³/mol. The predicted octanol–water partition coefficient (Wildman–Crippen LogP) is 2.49. The summed E-state index contributed by atoms with van der Waals surface area (Å²) in [5.74, 6) is -0.129. The van der Waals surface area contributed by atoms with E-state index >= 15 is 0 Å². The largest absolute Gasteiger partial charge is 0.466 e. The van der Waals surface area contributed by atoms with E-state index in [1.807, 2.05) is 6.92 Å². The average Bonchev–Trinajstić information content (AvgIpc) is 1.87. The molecule has 0 rings (SSSR count). The third kappa shape index (κ3) is 6.81. The molecule has 0 spiro atoms. The molecule has 11 heavy (non-hydrogen) atoms. The summed E-state index contributed by atoms with van der Waals surface area (Å²) in [6.45, 7) is 2.28. The van der Waals surface area contributed by atoms with Gasteiger partial charge in [0, 0.05) is 10.2 Å². The fraction of sp³-hybridized carbons (Fsp3) is 0.857. The summed E-state index contributed by atoms with van der Waals surface area (Å²) in [5.41, 5.74) is 0. The molecule has 1 atom stereocenters. The van der Waals surface area contributed by atoms with Gasteiger partial charge in [-0.05, 0) is 13.3 Å². The first-order chi connectivity index (χ1) is 5.20. The van der Waals surface area contributed by atoms with Crippen molar-refractivity contribution in [2.24, 2.45) is 0 Å². The Morgan fingerprint density at radius 2 is 2.27 bits per heavy atom. The van der Waals surface area contributed by atoms with Gasteiger partial charge in [-0.15, -0.1) is 0 Å². The van der Waals surface area contributed by atoms with E-state index in [9.17, 15) is 4.79 Å². The Hall–Kier alpha value is 0.430. The molecular formula is C7H12Br2O2. The van der Waals surface area contributed by atoms with Gasteiger partial charge in [0.2, 0.25) is 0 Å². The van der Waals surface area contributed by atoms with Crippen LogP contribution in [0.3, 0.4) is 0 Å². The van der Waals surface area contributed by atoms with E-state index in [0.29, 0.717) is 13.0 Å². The van der Waals surface area contributed by atoms with Crippen molar-refractivity contribution in [1.29, 1.82) is 0 Å². The molecule has 1 unspecified atom stereocenters. The highest BCUT2D eigenvalue weighted by molar-refractivity contribution is 9.10. The Kier molecular flexibility index (Phi) is 7.38. The summed E-state index contributed by atoms with van der Waals surface area (Å²) in [4.78, 5) is 11.1. The molecule has 66 valence electrons. The molecule has 0 N–H and O–H groups in total. The first-order valence-electron chi connectivity index (χ1n) is 3.56. The summed E-state index contributed by atoms with van der Waals surface area (Å²) < 4.78 is 4.77. The smallest absolute Gasteiger partial charge is 0.306 e. The zero-order valence-corrected chi connectivity index (χ0v) is 9.65. The Morgan fingerprint density at radius 1 is 1.64 bits per heavy atom. The number of esters is 1. The zero-order valence-electron chi connectivity index (χ0n) is 6.48. The standard InChI is InChI=1S/C7H12Br2O2/c1-2-11-7(10)5-6(9)3-4-8/h6H,2-5H2,1H3. The van der Waals surface area contributed by atoms with Gasteiger partial charge < -0.3 is 4.74 Å². The minimum absolute atomic E-state index is 0.129. The van der Waals surface area contributed by atoms with E-state index in [1.54, 1.807) is 0 Å². The van der Waals surface area contributed by atoms with Crippen molar-refractivity contribution in [1.82, 2.24) is 0 Å². The molecule has 0 aromatic carbocycles. The van der Waals surface area contributed by atoms with Crippen molar-refractivity contribution in [3.8, 4) is 0 Å². The Bertz CT molecular complexity index is 117. The second kappa shape index (κ2) is 7.10. The molecule has 0 saturated carbocycles. The molecule has 0 aromatic rings. The average molecular weight is 288 g/mol. The van der Waals surface area contributed by atoms with Gasteiger partial charge in [-0.2, -0.15) is 0 Å². The van der Waals surface area contributed by atoms with Crippen LogP contribution in [0.5, 0.6) is 0 Å². The summed E-state index contributed by atoms with van der Waals surface area (Å²) in [6.07, 6.45) is 1.40. The SMILES string of the molecule is CCOC(=O)CC(Br)CCBr. The number of carbonyl (C=O) groups is 1. The molecule has 0 amide bonds. The van der Waals surface area contributed by atoms with E-state index < -0.39 is 0 Å². The Morgan fingerprint density at radius 3 is 2.73 bits per heavy atom. The van der Waals surface area contributed by atoms with E-state index in [2.05, 4.69) is 31.9 Å². The van der Waals surface area contributed by atoms with Gasteiger partial charge in [-0.1, -0.05) is 31.9 Å². The van der Waals surface area contributed by atoms with Crippen LogP contribution in [-0.4, -0.2) is 22.7 Å². The van der Waals surface area contributed by atoms with Crippen LogP contribution in [0.2, 0.25) is 0 Å². The lowest BCUT2D eigenvalue weighted by molar-refractivity contribution is -0.143. The maximum absolute atomic E-state index is 10.9. The van der Waals surface area contributed by atoms with Crippen molar-refractivity contribution in [3.63, 3.8) is 0 Å². The second-order valence-corrected chi connectivity index (χ2v) is 4.17. The highest BCUT2D eigenvalue weighted by atomic mass is 79.9. The van der Waals surface area contributed by atoms with Gasteiger partial charge in [0.15, 0.2) is 0 Å². The van der Waals surface area contributed by atoms with Crippen LogP contribution in [-0.2, 0) is 9.53 Å². The van der Waals surface area contributed by atoms with Crippen LogP contribution in [0.1, 0.15) is 19.8 Å².